The van der Waals surface area contributed by atoms with E-state index in [9.17, 15) is 4.79 Å². The fourth-order valence-corrected chi connectivity index (χ4v) is 3.28. The van der Waals surface area contributed by atoms with Gasteiger partial charge in [0.25, 0.3) is 5.56 Å². The Labute approximate surface area is 126 Å². The molecule has 0 radical (unpaired) electrons. The molecule has 0 saturated carbocycles. The van der Waals surface area contributed by atoms with E-state index in [0.29, 0.717) is 5.78 Å². The molecule has 108 valence electrons. The summed E-state index contributed by atoms with van der Waals surface area (Å²) in [6, 6.07) is 9.91. The Hall–Kier alpha value is -2.08. The van der Waals surface area contributed by atoms with Crippen LogP contribution in [0, 0.1) is 6.92 Å². The molecule has 0 atom stereocenters. The van der Waals surface area contributed by atoms with Gasteiger partial charge in [-0.2, -0.15) is 0 Å². The maximum absolute atomic E-state index is 11.6. The standard InChI is InChI=1S/C15H16N4OS/c1-3-12-8-13(20)16-14-17-18-15(19(12)14)21-9-11-7-5-4-6-10(11)2/h4-8H,3,9H2,1-2H3,(H,16,17,20). The number of benzene rings is 1. The van der Waals surface area contributed by atoms with Crippen LogP contribution in [0.3, 0.4) is 0 Å². The second kappa shape index (κ2) is 5.73. The second-order valence-electron chi connectivity index (χ2n) is 4.84. The van der Waals surface area contributed by atoms with Gasteiger partial charge in [0, 0.05) is 17.5 Å². The molecule has 0 saturated heterocycles. The van der Waals surface area contributed by atoms with Crippen molar-refractivity contribution in [2.45, 2.75) is 31.2 Å². The van der Waals surface area contributed by atoms with E-state index in [-0.39, 0.29) is 5.56 Å². The number of rotatable bonds is 4. The lowest BCUT2D eigenvalue weighted by molar-refractivity contribution is 0.850. The summed E-state index contributed by atoms with van der Waals surface area (Å²) in [5.74, 6) is 1.34. The molecule has 1 N–H and O–H groups in total. The normalized spacial score (nSPS) is 11.1. The van der Waals surface area contributed by atoms with Crippen LogP contribution in [-0.4, -0.2) is 19.6 Å². The van der Waals surface area contributed by atoms with Gasteiger partial charge in [0.15, 0.2) is 5.16 Å². The van der Waals surface area contributed by atoms with Crippen LogP contribution < -0.4 is 5.56 Å². The zero-order chi connectivity index (χ0) is 14.8. The molecule has 0 aliphatic carbocycles. The number of aryl methyl sites for hydroxylation is 2. The minimum absolute atomic E-state index is 0.137. The summed E-state index contributed by atoms with van der Waals surface area (Å²) in [7, 11) is 0. The highest BCUT2D eigenvalue weighted by molar-refractivity contribution is 7.98. The predicted molar refractivity (Wildman–Crippen MR) is 83.7 cm³/mol. The van der Waals surface area contributed by atoms with Crippen molar-refractivity contribution in [3.8, 4) is 0 Å². The Bertz CT molecular complexity index is 837. The summed E-state index contributed by atoms with van der Waals surface area (Å²) in [5.41, 5.74) is 3.33. The number of hydrogen-bond acceptors (Lipinski definition) is 4. The van der Waals surface area contributed by atoms with Crippen LogP contribution in [0.4, 0.5) is 0 Å². The number of hydrogen-bond donors (Lipinski definition) is 1. The first-order valence-corrected chi connectivity index (χ1v) is 7.82. The largest absolute Gasteiger partial charge is 0.291 e. The van der Waals surface area contributed by atoms with Crippen molar-refractivity contribution in [1.29, 1.82) is 0 Å². The summed E-state index contributed by atoms with van der Waals surface area (Å²) >= 11 is 1.63. The molecule has 0 aliphatic heterocycles. The van der Waals surface area contributed by atoms with Crippen molar-refractivity contribution in [3.63, 3.8) is 0 Å². The van der Waals surface area contributed by atoms with E-state index in [1.165, 1.54) is 11.1 Å². The first kappa shape index (κ1) is 13.9. The molecule has 0 unspecified atom stereocenters. The summed E-state index contributed by atoms with van der Waals surface area (Å²) < 4.78 is 1.92. The predicted octanol–water partition coefficient (Wildman–Crippen LogP) is 2.58. The molecule has 3 aromatic rings. The van der Waals surface area contributed by atoms with Crippen molar-refractivity contribution in [1.82, 2.24) is 19.6 Å². The lowest BCUT2D eigenvalue weighted by Crippen LogP contribution is -2.11. The maximum atomic E-state index is 11.6. The van der Waals surface area contributed by atoms with Crippen molar-refractivity contribution >= 4 is 17.5 Å². The van der Waals surface area contributed by atoms with E-state index in [1.807, 2.05) is 23.5 Å². The van der Waals surface area contributed by atoms with Gasteiger partial charge in [0.2, 0.25) is 5.78 Å². The van der Waals surface area contributed by atoms with Gasteiger partial charge >= 0.3 is 0 Å². The Kier molecular flexibility index (Phi) is 3.79. The molecule has 1 aromatic carbocycles. The molecule has 5 nitrogen and oxygen atoms in total. The summed E-state index contributed by atoms with van der Waals surface area (Å²) in [6.45, 7) is 4.12. The van der Waals surface area contributed by atoms with Crippen LogP contribution in [-0.2, 0) is 12.2 Å². The molecule has 0 amide bonds. The average molecular weight is 300 g/mol. The molecule has 0 fully saturated rings. The molecule has 2 aromatic heterocycles. The fourth-order valence-electron chi connectivity index (χ4n) is 2.24. The number of fused-ring (bicyclic) bond motifs is 1. The molecule has 0 bridgehead atoms. The molecule has 0 spiro atoms. The minimum atomic E-state index is -0.137. The van der Waals surface area contributed by atoms with E-state index in [4.69, 9.17) is 0 Å². The van der Waals surface area contributed by atoms with Gasteiger partial charge in [0.1, 0.15) is 0 Å². The molecular formula is C15H16N4OS. The van der Waals surface area contributed by atoms with E-state index in [0.717, 1.165) is 23.0 Å². The van der Waals surface area contributed by atoms with Gasteiger partial charge in [-0.25, -0.2) is 0 Å². The Morgan fingerprint density at radius 1 is 1.29 bits per heavy atom. The van der Waals surface area contributed by atoms with Crippen molar-refractivity contribution in [2.24, 2.45) is 0 Å². The van der Waals surface area contributed by atoms with Gasteiger partial charge in [-0.05, 0) is 24.5 Å². The number of aromatic nitrogens is 4. The summed E-state index contributed by atoms with van der Waals surface area (Å²) in [5, 5.41) is 9.06. The summed E-state index contributed by atoms with van der Waals surface area (Å²) in [4.78, 5) is 14.3. The maximum Gasteiger partial charge on any atom is 0.252 e. The topological polar surface area (TPSA) is 63.0 Å². The zero-order valence-electron chi connectivity index (χ0n) is 12.0. The number of nitrogens with one attached hydrogen (secondary N) is 1. The Morgan fingerprint density at radius 3 is 2.86 bits per heavy atom. The Balaban J connectivity index is 1.95. The van der Waals surface area contributed by atoms with Gasteiger partial charge < -0.3 is 0 Å². The van der Waals surface area contributed by atoms with E-state index < -0.39 is 0 Å². The number of aromatic amines is 1. The highest BCUT2D eigenvalue weighted by atomic mass is 32.2. The molecular weight excluding hydrogens is 284 g/mol. The van der Waals surface area contributed by atoms with Crippen LogP contribution in [0.5, 0.6) is 0 Å². The number of H-pyrrole nitrogens is 1. The van der Waals surface area contributed by atoms with Crippen LogP contribution in [0.1, 0.15) is 23.7 Å². The molecule has 6 heteroatoms. The van der Waals surface area contributed by atoms with Crippen LogP contribution in [0.15, 0.2) is 40.3 Å². The zero-order valence-corrected chi connectivity index (χ0v) is 12.8. The van der Waals surface area contributed by atoms with Gasteiger partial charge in [-0.1, -0.05) is 43.0 Å². The van der Waals surface area contributed by atoms with Gasteiger partial charge in [-0.15, -0.1) is 10.2 Å². The van der Waals surface area contributed by atoms with Crippen molar-refractivity contribution in [2.75, 3.05) is 0 Å². The SMILES string of the molecule is CCc1cc(=O)[nH]c2nnc(SCc3ccccc3C)n12. The third-order valence-corrected chi connectivity index (χ3v) is 4.41. The lowest BCUT2D eigenvalue weighted by Gasteiger charge is -2.06. The highest BCUT2D eigenvalue weighted by Gasteiger charge is 2.11. The first-order valence-electron chi connectivity index (χ1n) is 6.83. The number of nitrogens with zero attached hydrogens (tertiary/aromatic N) is 3. The average Bonchev–Trinajstić information content (AvgIpc) is 2.88. The van der Waals surface area contributed by atoms with E-state index in [1.54, 1.807) is 17.8 Å². The lowest BCUT2D eigenvalue weighted by atomic mass is 10.1. The van der Waals surface area contributed by atoms with E-state index >= 15 is 0 Å². The molecule has 2 heterocycles. The van der Waals surface area contributed by atoms with Crippen molar-refractivity contribution in [3.05, 3.63) is 57.5 Å². The Morgan fingerprint density at radius 2 is 2.10 bits per heavy atom. The van der Waals surface area contributed by atoms with Crippen LogP contribution in [0.25, 0.3) is 5.78 Å². The fraction of sp³-hybridized carbons (Fsp3) is 0.267. The van der Waals surface area contributed by atoms with Gasteiger partial charge in [-0.3, -0.25) is 14.2 Å². The van der Waals surface area contributed by atoms with Gasteiger partial charge in [0.05, 0.1) is 0 Å². The smallest absolute Gasteiger partial charge is 0.252 e. The molecule has 0 aliphatic rings. The monoisotopic (exact) mass is 300 g/mol. The quantitative estimate of drug-likeness (QED) is 0.752. The second-order valence-corrected chi connectivity index (χ2v) is 5.78. The third kappa shape index (κ3) is 2.71. The van der Waals surface area contributed by atoms with Crippen LogP contribution >= 0.6 is 11.8 Å². The molecule has 21 heavy (non-hydrogen) atoms. The van der Waals surface area contributed by atoms with Crippen molar-refractivity contribution < 1.29 is 0 Å². The first-order chi connectivity index (χ1) is 10.2. The third-order valence-electron chi connectivity index (χ3n) is 3.43. The number of thioether (sulfide) groups is 1. The summed E-state index contributed by atoms with van der Waals surface area (Å²) in [6.07, 6.45) is 0.760. The highest BCUT2D eigenvalue weighted by Crippen LogP contribution is 2.23. The van der Waals surface area contributed by atoms with Crippen LogP contribution in [0.2, 0.25) is 0 Å². The van der Waals surface area contributed by atoms with E-state index in [2.05, 4.69) is 34.2 Å². The molecule has 3 rings (SSSR count). The minimum Gasteiger partial charge on any atom is -0.291 e.